The van der Waals surface area contributed by atoms with Gasteiger partial charge in [0.25, 0.3) is 0 Å². The lowest BCUT2D eigenvalue weighted by Gasteiger charge is -2.39. The quantitative estimate of drug-likeness (QED) is 0.161. The van der Waals surface area contributed by atoms with Crippen LogP contribution in [-0.4, -0.2) is 6.04 Å². The van der Waals surface area contributed by atoms with Gasteiger partial charge in [0, 0.05) is 44.4 Å². The maximum absolute atomic E-state index is 6.89. The second-order valence-electron chi connectivity index (χ2n) is 16.6. The van der Waals surface area contributed by atoms with Crippen LogP contribution in [0.2, 0.25) is 0 Å². The lowest BCUT2D eigenvalue weighted by Crippen LogP contribution is -2.54. The molecule has 8 aromatic carbocycles. The van der Waals surface area contributed by atoms with Gasteiger partial charge in [-0.1, -0.05) is 140 Å². The molecule has 3 aliphatic rings. The summed E-state index contributed by atoms with van der Waals surface area (Å²) in [4.78, 5) is 2.48. The van der Waals surface area contributed by atoms with E-state index in [1.807, 2.05) is 12.1 Å². The van der Waals surface area contributed by atoms with E-state index in [2.05, 4.69) is 203 Å². The molecule has 0 amide bonds. The molecule has 13 rings (SSSR count). The van der Waals surface area contributed by atoms with Gasteiger partial charge in [-0.25, -0.2) is 0 Å². The number of hydrogen-bond donors (Lipinski definition) is 3. The predicted octanol–water partition coefficient (Wildman–Crippen LogP) is 13.2. The first-order valence-electron chi connectivity index (χ1n) is 21.2. The van der Waals surface area contributed by atoms with Crippen molar-refractivity contribution in [3.8, 4) is 11.1 Å². The number of furan rings is 2. The first kappa shape index (κ1) is 34.6. The van der Waals surface area contributed by atoms with Gasteiger partial charge < -0.3 is 13.7 Å². The first-order chi connectivity index (χ1) is 30.2. The van der Waals surface area contributed by atoms with E-state index < -0.39 is 0 Å². The molecule has 6 heteroatoms. The number of benzene rings is 8. The van der Waals surface area contributed by atoms with Crippen LogP contribution in [0, 0.1) is 0 Å². The number of para-hydroxylation sites is 2. The third-order valence-corrected chi connectivity index (χ3v) is 13.1. The number of allylic oxidation sites excluding steroid dienone is 2. The predicted molar refractivity (Wildman–Crippen MR) is 248 cm³/mol. The van der Waals surface area contributed by atoms with Crippen LogP contribution >= 0.6 is 0 Å². The topological polar surface area (TPSA) is 65.6 Å². The molecule has 4 heterocycles. The maximum atomic E-state index is 6.89. The Bertz CT molecular complexity index is 3400. The molecule has 0 radical (unpaired) electrons. The molecule has 1 aliphatic carbocycles. The summed E-state index contributed by atoms with van der Waals surface area (Å²) in [5.41, 5.74) is 12.9. The highest BCUT2D eigenvalue weighted by atomic mass is 16.3. The van der Waals surface area contributed by atoms with Crippen LogP contribution in [0.15, 0.2) is 203 Å². The molecule has 0 spiro atoms. The molecular weight excluding hydrogens is 749 g/mol. The van der Waals surface area contributed by atoms with E-state index in [1.165, 1.54) is 22.3 Å². The normalized spacial score (nSPS) is 20.9. The molecule has 1 fully saturated rings. The molecule has 5 atom stereocenters. The minimum absolute atomic E-state index is 0.136. The zero-order chi connectivity index (χ0) is 40.0. The van der Waals surface area contributed by atoms with Crippen LogP contribution in [0.3, 0.4) is 0 Å². The van der Waals surface area contributed by atoms with Gasteiger partial charge in [-0.2, -0.15) is 0 Å². The summed E-state index contributed by atoms with van der Waals surface area (Å²) < 4.78 is 13.3. The van der Waals surface area contributed by atoms with Gasteiger partial charge in [0.2, 0.25) is 0 Å². The van der Waals surface area contributed by atoms with Crippen molar-refractivity contribution >= 4 is 66.0 Å². The van der Waals surface area contributed by atoms with Crippen molar-refractivity contribution in [2.75, 3.05) is 4.90 Å². The smallest absolute Gasteiger partial charge is 0.143 e. The standard InChI is InChI=1S/C55H40N4O2/c1-2-12-34(13-3-1)53-56-54(37-24-27-43-42-18-8-11-21-49(42)60-50(43)32-37)58-55(57-53)38-29-44(52-46(30-38)45-28-35-14-4-5-15-36(35)31-51(45)61-52)33-22-25-39(26-23-33)59-47-19-9-6-16-40(47)41-17-7-10-20-48(41)59/h1-32,40,47,53-58H. The molecule has 0 bridgehead atoms. The van der Waals surface area contributed by atoms with E-state index in [0.717, 1.165) is 77.1 Å². The van der Waals surface area contributed by atoms with E-state index in [-0.39, 0.29) is 24.5 Å². The number of nitrogens with one attached hydrogen (secondary N) is 3. The summed E-state index contributed by atoms with van der Waals surface area (Å²) in [6.45, 7) is 0. The highest BCUT2D eigenvalue weighted by molar-refractivity contribution is 6.13. The van der Waals surface area contributed by atoms with E-state index in [4.69, 9.17) is 8.83 Å². The van der Waals surface area contributed by atoms with Gasteiger partial charge in [-0.15, -0.1) is 0 Å². The molecule has 61 heavy (non-hydrogen) atoms. The van der Waals surface area contributed by atoms with Crippen LogP contribution < -0.4 is 20.9 Å². The molecule has 5 unspecified atom stereocenters. The Kier molecular flexibility index (Phi) is 7.75. The zero-order valence-corrected chi connectivity index (χ0v) is 33.1. The molecule has 2 aliphatic heterocycles. The Morgan fingerprint density at radius 1 is 0.443 bits per heavy atom. The highest BCUT2D eigenvalue weighted by Gasteiger charge is 2.37. The number of rotatable bonds is 5. The summed E-state index contributed by atoms with van der Waals surface area (Å²) in [7, 11) is 0. The second kappa shape index (κ2) is 13.7. The largest absolute Gasteiger partial charge is 0.456 e. The minimum atomic E-state index is -0.222. The summed E-state index contributed by atoms with van der Waals surface area (Å²) in [6.07, 6.45) is 8.46. The van der Waals surface area contributed by atoms with E-state index >= 15 is 0 Å². The van der Waals surface area contributed by atoms with Gasteiger partial charge in [-0.05, 0) is 93.2 Å². The third kappa shape index (κ3) is 5.61. The lowest BCUT2D eigenvalue weighted by molar-refractivity contribution is 0.203. The molecule has 1 saturated heterocycles. The van der Waals surface area contributed by atoms with Crippen molar-refractivity contribution in [2.45, 2.75) is 30.5 Å². The average molecular weight is 789 g/mol. The monoisotopic (exact) mass is 788 g/mol. The van der Waals surface area contributed by atoms with Gasteiger partial charge in [-0.3, -0.25) is 16.0 Å². The summed E-state index contributed by atoms with van der Waals surface area (Å²) >= 11 is 0. The van der Waals surface area contributed by atoms with Gasteiger partial charge in [0.1, 0.15) is 22.3 Å². The molecule has 292 valence electrons. The molecule has 0 saturated carbocycles. The molecular formula is C55H40N4O2. The van der Waals surface area contributed by atoms with Crippen molar-refractivity contribution in [1.82, 2.24) is 16.0 Å². The number of nitrogens with zero attached hydrogens (tertiary/aromatic N) is 1. The Balaban J connectivity index is 0.950. The molecule has 10 aromatic rings. The fraction of sp³-hybridized carbons (Fsp3) is 0.0909. The summed E-state index contributed by atoms with van der Waals surface area (Å²) in [5.74, 6) is 0.331. The van der Waals surface area contributed by atoms with Crippen LogP contribution in [0.4, 0.5) is 11.4 Å². The van der Waals surface area contributed by atoms with Crippen molar-refractivity contribution < 1.29 is 8.83 Å². The average Bonchev–Trinajstić information content (AvgIpc) is 3.99. The Labute approximate surface area is 352 Å². The van der Waals surface area contributed by atoms with Crippen molar-refractivity contribution in [2.24, 2.45) is 0 Å². The Hall–Kier alpha value is -7.22. The number of hydrogen-bond acceptors (Lipinski definition) is 6. The third-order valence-electron chi connectivity index (χ3n) is 13.1. The van der Waals surface area contributed by atoms with Crippen LogP contribution in [0.1, 0.15) is 46.7 Å². The minimum Gasteiger partial charge on any atom is -0.456 e. The zero-order valence-electron chi connectivity index (χ0n) is 33.1. The lowest BCUT2D eigenvalue weighted by atomic mass is 9.91. The van der Waals surface area contributed by atoms with Crippen LogP contribution in [0.25, 0.3) is 65.8 Å². The van der Waals surface area contributed by atoms with Gasteiger partial charge in [0.05, 0.1) is 24.5 Å². The SMILES string of the molecule is C1=CC2c3ccccc3N(c3ccc(-c4cc(C5NC(c6ccccc6)NC(c6ccc7c(c6)oc6ccccc67)N5)cc5c4oc4cc6ccccc6cc45)cc3)C2C=C1. The number of anilines is 2. The fourth-order valence-electron chi connectivity index (χ4n) is 10.1. The first-order valence-corrected chi connectivity index (χ1v) is 21.2. The van der Waals surface area contributed by atoms with Crippen molar-refractivity contribution in [1.29, 1.82) is 0 Å². The molecule has 3 N–H and O–H groups in total. The Morgan fingerprint density at radius 2 is 1.13 bits per heavy atom. The second-order valence-corrected chi connectivity index (χ2v) is 16.6. The summed E-state index contributed by atoms with van der Waals surface area (Å²) in [5, 5.41) is 18.6. The maximum Gasteiger partial charge on any atom is 0.143 e. The number of fused-ring (bicyclic) bond motifs is 10. The van der Waals surface area contributed by atoms with Crippen LogP contribution in [-0.2, 0) is 0 Å². The van der Waals surface area contributed by atoms with Crippen molar-refractivity contribution in [3.63, 3.8) is 0 Å². The van der Waals surface area contributed by atoms with Gasteiger partial charge in [0.15, 0.2) is 0 Å². The highest BCUT2D eigenvalue weighted by Crippen LogP contribution is 2.48. The van der Waals surface area contributed by atoms with Gasteiger partial charge >= 0.3 is 0 Å². The fourth-order valence-corrected chi connectivity index (χ4v) is 10.1. The van der Waals surface area contributed by atoms with E-state index in [9.17, 15) is 0 Å². The van der Waals surface area contributed by atoms with E-state index in [0.29, 0.717) is 5.92 Å². The molecule has 2 aromatic heterocycles. The Morgan fingerprint density at radius 3 is 2.00 bits per heavy atom. The molecule has 6 nitrogen and oxygen atoms in total. The van der Waals surface area contributed by atoms with E-state index in [1.54, 1.807) is 0 Å². The van der Waals surface area contributed by atoms with Crippen LogP contribution in [0.5, 0.6) is 0 Å². The van der Waals surface area contributed by atoms with Crippen molar-refractivity contribution in [3.05, 3.63) is 216 Å². The summed E-state index contributed by atoms with van der Waals surface area (Å²) in [6, 6.07) is 61.2.